The van der Waals surface area contributed by atoms with Gasteiger partial charge in [-0.2, -0.15) is 0 Å². The summed E-state index contributed by atoms with van der Waals surface area (Å²) in [6.07, 6.45) is -0.361. The summed E-state index contributed by atoms with van der Waals surface area (Å²) in [5, 5.41) is 23.0. The third-order valence-electron chi connectivity index (χ3n) is 6.45. The van der Waals surface area contributed by atoms with Gasteiger partial charge in [0.15, 0.2) is 6.04 Å². The van der Waals surface area contributed by atoms with Gasteiger partial charge in [0.05, 0.1) is 12.0 Å². The van der Waals surface area contributed by atoms with Crippen LogP contribution in [0, 0.1) is 13.8 Å². The third kappa shape index (κ3) is 4.45. The van der Waals surface area contributed by atoms with E-state index in [4.69, 9.17) is 8.83 Å². The number of phenols is 1. The topological polar surface area (TPSA) is 130 Å². The van der Waals surface area contributed by atoms with Gasteiger partial charge in [0.25, 0.3) is 0 Å². The first-order chi connectivity index (χ1) is 17.7. The van der Waals surface area contributed by atoms with Gasteiger partial charge in [-0.1, -0.05) is 42.5 Å². The average molecular weight is 498 g/mol. The van der Waals surface area contributed by atoms with E-state index in [-0.39, 0.29) is 23.3 Å². The minimum atomic E-state index is -1.34. The number of hydrogen-bond donors (Lipinski definition) is 3. The molecule has 3 aromatic carbocycles. The molecule has 0 aliphatic heterocycles. The standard InChI is InChI=1S/C29H23NO7/c1-15-20-12-22-24(36-16(2)26(22)17-6-4-3-5-7-17)14-23(20)37-29(35)21(15)13-25(32)30-27(28(33)34)18-8-10-19(31)11-9-18/h3-12,14,27,31H,13H2,1-2H3,(H,30,32)(H,33,34). The highest BCUT2D eigenvalue weighted by atomic mass is 16.4. The number of carbonyl (C=O) groups is 2. The number of furan rings is 1. The van der Waals surface area contributed by atoms with Gasteiger partial charge < -0.3 is 24.4 Å². The van der Waals surface area contributed by atoms with Gasteiger partial charge in [0.1, 0.15) is 22.7 Å². The summed E-state index contributed by atoms with van der Waals surface area (Å²) < 4.78 is 11.5. The number of carbonyl (C=O) groups excluding carboxylic acids is 1. The number of benzene rings is 3. The third-order valence-corrected chi connectivity index (χ3v) is 6.45. The van der Waals surface area contributed by atoms with Gasteiger partial charge in [-0.15, -0.1) is 0 Å². The highest BCUT2D eigenvalue weighted by Gasteiger charge is 2.24. The molecule has 0 aliphatic carbocycles. The first-order valence-corrected chi connectivity index (χ1v) is 11.6. The van der Waals surface area contributed by atoms with Gasteiger partial charge in [-0.05, 0) is 48.7 Å². The van der Waals surface area contributed by atoms with Crippen molar-refractivity contribution in [3.63, 3.8) is 0 Å². The Morgan fingerprint density at radius 1 is 0.919 bits per heavy atom. The highest BCUT2D eigenvalue weighted by molar-refractivity contribution is 6.03. The first-order valence-electron chi connectivity index (χ1n) is 11.6. The Morgan fingerprint density at radius 3 is 2.27 bits per heavy atom. The fourth-order valence-corrected chi connectivity index (χ4v) is 4.60. The molecule has 1 amide bonds. The number of aliphatic carboxylic acids is 1. The van der Waals surface area contributed by atoms with Crippen molar-refractivity contribution >= 4 is 33.8 Å². The number of carboxylic acids is 1. The minimum Gasteiger partial charge on any atom is -0.508 e. The fourth-order valence-electron chi connectivity index (χ4n) is 4.60. The average Bonchev–Trinajstić information content (AvgIpc) is 3.19. The molecule has 3 N–H and O–H groups in total. The second kappa shape index (κ2) is 9.31. The van der Waals surface area contributed by atoms with Crippen molar-refractivity contribution in [1.82, 2.24) is 5.32 Å². The maximum absolute atomic E-state index is 12.8. The lowest BCUT2D eigenvalue weighted by molar-refractivity contribution is -0.142. The van der Waals surface area contributed by atoms with Crippen molar-refractivity contribution < 1.29 is 28.6 Å². The largest absolute Gasteiger partial charge is 0.508 e. The van der Waals surface area contributed by atoms with E-state index in [2.05, 4.69) is 5.32 Å². The molecule has 8 nitrogen and oxygen atoms in total. The van der Waals surface area contributed by atoms with Crippen LogP contribution in [0.2, 0.25) is 0 Å². The molecule has 5 rings (SSSR count). The predicted octanol–water partition coefficient (Wildman–Crippen LogP) is 5.01. The van der Waals surface area contributed by atoms with Crippen LogP contribution in [0.5, 0.6) is 5.75 Å². The quantitative estimate of drug-likeness (QED) is 0.281. The molecule has 1 unspecified atom stereocenters. The summed E-state index contributed by atoms with van der Waals surface area (Å²) >= 11 is 0. The summed E-state index contributed by atoms with van der Waals surface area (Å²) in [6.45, 7) is 3.61. The molecule has 8 heteroatoms. The van der Waals surface area contributed by atoms with E-state index in [1.165, 1.54) is 24.3 Å². The van der Waals surface area contributed by atoms with Crippen LogP contribution >= 0.6 is 0 Å². The summed E-state index contributed by atoms with van der Waals surface area (Å²) in [4.78, 5) is 37.5. The number of aromatic hydroxyl groups is 1. The molecule has 186 valence electrons. The van der Waals surface area contributed by atoms with E-state index < -0.39 is 23.5 Å². The van der Waals surface area contributed by atoms with E-state index in [0.29, 0.717) is 22.1 Å². The molecule has 5 aromatic rings. The number of aryl methyl sites for hydroxylation is 2. The summed E-state index contributed by atoms with van der Waals surface area (Å²) in [7, 11) is 0. The number of rotatable bonds is 6. The van der Waals surface area contributed by atoms with Crippen molar-refractivity contribution in [2.24, 2.45) is 0 Å². The number of hydrogen-bond acceptors (Lipinski definition) is 6. The number of fused-ring (bicyclic) bond motifs is 2. The predicted molar refractivity (Wildman–Crippen MR) is 137 cm³/mol. The number of carboxylic acid groups (broad SMARTS) is 1. The molecule has 2 aromatic heterocycles. The van der Waals surface area contributed by atoms with Crippen LogP contribution in [0.15, 0.2) is 80.4 Å². The van der Waals surface area contributed by atoms with Crippen LogP contribution in [0.1, 0.15) is 28.5 Å². The maximum Gasteiger partial charge on any atom is 0.340 e. The highest BCUT2D eigenvalue weighted by Crippen LogP contribution is 2.37. The Labute approximate surface area is 210 Å². The lowest BCUT2D eigenvalue weighted by Crippen LogP contribution is -2.35. The van der Waals surface area contributed by atoms with Gasteiger partial charge in [-0.25, -0.2) is 9.59 Å². The van der Waals surface area contributed by atoms with Crippen molar-refractivity contribution in [2.45, 2.75) is 26.3 Å². The molecule has 0 aliphatic rings. The van der Waals surface area contributed by atoms with E-state index in [0.717, 1.165) is 22.3 Å². The lowest BCUT2D eigenvalue weighted by atomic mass is 9.98. The monoisotopic (exact) mass is 497 g/mol. The Kier molecular flexibility index (Phi) is 6.01. The summed E-state index contributed by atoms with van der Waals surface area (Å²) in [5.41, 5.74) is 3.14. The second-order valence-electron chi connectivity index (χ2n) is 8.84. The first kappa shape index (κ1) is 23.9. The van der Waals surface area contributed by atoms with Crippen LogP contribution in [-0.2, 0) is 16.0 Å². The van der Waals surface area contributed by atoms with Crippen LogP contribution in [0.3, 0.4) is 0 Å². The zero-order valence-corrected chi connectivity index (χ0v) is 20.1. The second-order valence-corrected chi connectivity index (χ2v) is 8.84. The fraction of sp³-hybridized carbons (Fsp3) is 0.138. The SMILES string of the molecule is Cc1oc2cc3oc(=O)c(CC(=O)NC(C(=O)O)c4ccc(O)cc4)c(C)c3cc2c1-c1ccccc1. The normalized spacial score (nSPS) is 12.1. The minimum absolute atomic E-state index is 0.0269. The number of amides is 1. The van der Waals surface area contributed by atoms with Crippen LogP contribution < -0.4 is 10.9 Å². The Hall–Kier alpha value is -4.85. The van der Waals surface area contributed by atoms with E-state index >= 15 is 0 Å². The van der Waals surface area contributed by atoms with Gasteiger partial charge in [0.2, 0.25) is 5.91 Å². The van der Waals surface area contributed by atoms with Crippen molar-refractivity contribution in [2.75, 3.05) is 0 Å². The molecular weight excluding hydrogens is 474 g/mol. The zero-order valence-electron chi connectivity index (χ0n) is 20.1. The van der Waals surface area contributed by atoms with Crippen molar-refractivity contribution in [3.05, 3.63) is 99.6 Å². The van der Waals surface area contributed by atoms with Crippen molar-refractivity contribution in [1.29, 1.82) is 0 Å². The van der Waals surface area contributed by atoms with Crippen LogP contribution in [0.25, 0.3) is 33.1 Å². The Balaban J connectivity index is 1.52. The molecule has 0 saturated heterocycles. The number of phenolic OH excluding ortho intramolecular Hbond substituents is 1. The molecule has 0 radical (unpaired) electrons. The van der Waals surface area contributed by atoms with Crippen LogP contribution in [0.4, 0.5) is 0 Å². The molecular formula is C29H23NO7. The summed E-state index contributed by atoms with van der Waals surface area (Å²) in [5.74, 6) is -1.22. The van der Waals surface area contributed by atoms with Crippen molar-refractivity contribution in [3.8, 4) is 16.9 Å². The molecule has 1 atom stereocenters. The van der Waals surface area contributed by atoms with Crippen LogP contribution in [-0.4, -0.2) is 22.1 Å². The van der Waals surface area contributed by atoms with E-state index in [9.17, 15) is 24.6 Å². The Bertz CT molecular complexity index is 1710. The van der Waals surface area contributed by atoms with Gasteiger partial charge in [0, 0.05) is 22.4 Å². The van der Waals surface area contributed by atoms with E-state index in [1.807, 2.05) is 43.3 Å². The molecule has 0 spiro atoms. The molecule has 37 heavy (non-hydrogen) atoms. The number of nitrogens with one attached hydrogen (secondary N) is 1. The van der Waals surface area contributed by atoms with Gasteiger partial charge in [-0.3, -0.25) is 4.79 Å². The van der Waals surface area contributed by atoms with E-state index in [1.54, 1.807) is 13.0 Å². The smallest absolute Gasteiger partial charge is 0.340 e. The molecule has 0 bridgehead atoms. The molecule has 0 saturated carbocycles. The molecule has 0 fully saturated rings. The Morgan fingerprint density at radius 2 is 1.59 bits per heavy atom. The van der Waals surface area contributed by atoms with Gasteiger partial charge >= 0.3 is 11.6 Å². The lowest BCUT2D eigenvalue weighted by Gasteiger charge is -2.15. The summed E-state index contributed by atoms with van der Waals surface area (Å²) in [6, 6.07) is 17.5. The molecule has 2 heterocycles. The maximum atomic E-state index is 12.8. The zero-order chi connectivity index (χ0) is 26.3.